The smallest absolute Gasteiger partial charge is 0.162 e. The SMILES string of the molecule is CC1(C)CC2(CC(C)(C)c3cc(O)c(O)c(CN4CCCC4)c32)c2c1cc(O)c(O)c2CN1CCCC1.CC1(C)CC2(CC(C)(C)c3cc(O)c(O)cc32)c2cc(O)c(O)cc21. The predicted molar refractivity (Wildman–Crippen MR) is 240 cm³/mol. The normalized spacial score (nSPS) is 22.7. The quantitative estimate of drug-likeness (QED) is 0.0927. The molecular formula is C52H66N2O8. The second-order valence-electron chi connectivity index (χ2n) is 22.4. The van der Waals surface area contributed by atoms with Crippen LogP contribution in [0, 0.1) is 0 Å². The summed E-state index contributed by atoms with van der Waals surface area (Å²) in [5, 5.41) is 84.7. The van der Waals surface area contributed by atoms with Gasteiger partial charge in [0.2, 0.25) is 0 Å². The van der Waals surface area contributed by atoms with Crippen LogP contribution < -0.4 is 0 Å². The summed E-state index contributed by atoms with van der Waals surface area (Å²) >= 11 is 0. The van der Waals surface area contributed by atoms with Crippen LogP contribution in [-0.4, -0.2) is 76.8 Å². The largest absolute Gasteiger partial charge is 0.504 e. The molecular weight excluding hydrogens is 781 g/mol. The third-order valence-electron chi connectivity index (χ3n) is 16.0. The fraction of sp³-hybridized carbons (Fsp3) is 0.538. The summed E-state index contributed by atoms with van der Waals surface area (Å²) in [7, 11) is 0. The average Bonchev–Trinajstić information content (AvgIpc) is 4.01. The van der Waals surface area contributed by atoms with Gasteiger partial charge in [-0.1, -0.05) is 55.4 Å². The third kappa shape index (κ3) is 6.24. The van der Waals surface area contributed by atoms with Crippen molar-refractivity contribution in [3.05, 3.63) is 92.0 Å². The number of nitrogens with zero attached hydrogens (tertiary/aromatic N) is 2. The van der Waals surface area contributed by atoms with Gasteiger partial charge in [-0.05, 0) is 180 Å². The van der Waals surface area contributed by atoms with Gasteiger partial charge in [-0.25, -0.2) is 0 Å². The molecule has 62 heavy (non-hydrogen) atoms. The van der Waals surface area contributed by atoms with E-state index in [1.165, 1.54) is 0 Å². The molecule has 0 bridgehead atoms. The molecule has 6 aliphatic rings. The highest BCUT2D eigenvalue weighted by atomic mass is 16.3. The Labute approximate surface area is 366 Å². The van der Waals surface area contributed by atoms with Crippen LogP contribution in [0.15, 0.2) is 36.4 Å². The van der Waals surface area contributed by atoms with E-state index in [9.17, 15) is 40.9 Å². The minimum atomic E-state index is -0.419. The molecule has 2 aliphatic heterocycles. The fourth-order valence-corrected chi connectivity index (χ4v) is 13.8. The number of rotatable bonds is 4. The van der Waals surface area contributed by atoms with E-state index in [4.69, 9.17) is 0 Å². The van der Waals surface area contributed by atoms with Crippen molar-refractivity contribution in [2.45, 2.75) is 152 Å². The van der Waals surface area contributed by atoms with Crippen LogP contribution in [0.4, 0.5) is 0 Å². The first-order valence-corrected chi connectivity index (χ1v) is 22.7. The Bertz CT molecular complexity index is 2330. The average molecular weight is 847 g/mol. The van der Waals surface area contributed by atoms with E-state index < -0.39 is 5.41 Å². The van der Waals surface area contributed by atoms with E-state index in [2.05, 4.69) is 65.2 Å². The molecule has 332 valence electrons. The summed E-state index contributed by atoms with van der Waals surface area (Å²) < 4.78 is 0. The fourth-order valence-electron chi connectivity index (χ4n) is 13.8. The maximum atomic E-state index is 11.3. The maximum Gasteiger partial charge on any atom is 0.162 e. The zero-order chi connectivity index (χ0) is 44.7. The summed E-state index contributed by atoms with van der Waals surface area (Å²) in [4.78, 5) is 4.77. The Hall–Kier alpha value is -4.80. The molecule has 0 aromatic heterocycles. The zero-order valence-electron chi connectivity index (χ0n) is 37.8. The molecule has 2 spiro atoms. The summed E-state index contributed by atoms with van der Waals surface area (Å²) in [6.07, 6.45) is 7.92. The van der Waals surface area contributed by atoms with E-state index in [-0.39, 0.29) is 73.1 Å². The number of fused-ring (bicyclic) bond motifs is 8. The van der Waals surface area contributed by atoms with Crippen molar-refractivity contribution in [3.63, 3.8) is 0 Å². The lowest BCUT2D eigenvalue weighted by Gasteiger charge is -2.34. The lowest BCUT2D eigenvalue weighted by atomic mass is 9.70. The van der Waals surface area contributed by atoms with Gasteiger partial charge in [-0.2, -0.15) is 0 Å². The van der Waals surface area contributed by atoms with Gasteiger partial charge in [0.1, 0.15) is 0 Å². The molecule has 2 fully saturated rings. The monoisotopic (exact) mass is 846 g/mol. The van der Waals surface area contributed by atoms with Gasteiger partial charge in [0.05, 0.1) is 0 Å². The second-order valence-corrected chi connectivity index (χ2v) is 22.4. The lowest BCUT2D eigenvalue weighted by molar-refractivity contribution is 0.305. The minimum Gasteiger partial charge on any atom is -0.504 e. The van der Waals surface area contributed by atoms with Gasteiger partial charge in [-0.3, -0.25) is 9.80 Å². The summed E-state index contributed by atoms with van der Waals surface area (Å²) in [5.74, 6) is -0.529. The van der Waals surface area contributed by atoms with Crippen LogP contribution in [0.3, 0.4) is 0 Å². The Morgan fingerprint density at radius 2 is 0.645 bits per heavy atom. The molecule has 0 radical (unpaired) electrons. The van der Waals surface area contributed by atoms with Crippen molar-refractivity contribution < 1.29 is 40.9 Å². The molecule has 2 heterocycles. The number of likely N-dealkylation sites (tertiary alicyclic amines) is 2. The van der Waals surface area contributed by atoms with Crippen LogP contribution in [-0.2, 0) is 45.6 Å². The van der Waals surface area contributed by atoms with Crippen molar-refractivity contribution in [1.29, 1.82) is 0 Å². The topological polar surface area (TPSA) is 168 Å². The highest BCUT2D eigenvalue weighted by Gasteiger charge is 2.60. The van der Waals surface area contributed by atoms with Crippen molar-refractivity contribution in [2.24, 2.45) is 0 Å². The third-order valence-corrected chi connectivity index (χ3v) is 16.0. The number of benzene rings is 4. The molecule has 4 aromatic rings. The molecule has 8 N–H and O–H groups in total. The van der Waals surface area contributed by atoms with Crippen molar-refractivity contribution in [1.82, 2.24) is 9.80 Å². The standard InChI is InChI=1S/C31H42N2O4.C21H24O4/c1-29(2)17-31(25-19(15-32-9-5-6-10-32)27(36)23(34)13-21(25)29)18-30(3,4)22-14-24(35)28(37)20(26(22)31)16-33-11-7-8-12-33;1-19(2)9-21(13-7-17(24)15(22)5-11(13)19)10-20(3,4)12-6-16(23)18(25)8-14(12)21/h13-14,34-37H,5-12,15-18H2,1-4H3;5-8,22-25H,9-10H2,1-4H3. The van der Waals surface area contributed by atoms with E-state index in [1.54, 1.807) is 36.4 Å². The maximum absolute atomic E-state index is 11.3. The van der Waals surface area contributed by atoms with Crippen LogP contribution >= 0.6 is 0 Å². The molecule has 10 nitrogen and oxygen atoms in total. The molecule has 2 saturated heterocycles. The Morgan fingerprint density at radius 3 is 0.984 bits per heavy atom. The van der Waals surface area contributed by atoms with Gasteiger partial charge in [-0.15, -0.1) is 0 Å². The summed E-state index contributed by atoms with van der Waals surface area (Å²) in [6, 6.07) is 10.3. The predicted octanol–water partition coefficient (Wildman–Crippen LogP) is 9.51. The molecule has 0 unspecified atom stereocenters. The molecule has 0 amide bonds. The van der Waals surface area contributed by atoms with Gasteiger partial charge < -0.3 is 40.9 Å². The first-order valence-electron chi connectivity index (χ1n) is 22.7. The number of phenols is 8. The van der Waals surface area contributed by atoms with Crippen LogP contribution in [0.5, 0.6) is 46.0 Å². The molecule has 0 saturated carbocycles. The van der Waals surface area contributed by atoms with E-state index >= 15 is 0 Å². The number of aromatic hydroxyl groups is 8. The molecule has 10 heteroatoms. The van der Waals surface area contributed by atoms with E-state index in [1.807, 2.05) is 0 Å². The van der Waals surface area contributed by atoms with Gasteiger partial charge in [0.15, 0.2) is 46.0 Å². The van der Waals surface area contributed by atoms with Crippen molar-refractivity contribution >= 4 is 0 Å². The molecule has 4 aromatic carbocycles. The van der Waals surface area contributed by atoms with Gasteiger partial charge in [0.25, 0.3) is 0 Å². The van der Waals surface area contributed by atoms with E-state index in [0.29, 0.717) is 13.1 Å². The highest BCUT2D eigenvalue weighted by Crippen LogP contribution is 2.68. The number of hydrogen-bond acceptors (Lipinski definition) is 10. The molecule has 10 rings (SSSR count). The van der Waals surface area contributed by atoms with E-state index in [0.717, 1.165) is 133 Å². The number of hydrogen-bond donors (Lipinski definition) is 8. The molecule has 4 aliphatic carbocycles. The Kier molecular flexibility index (Phi) is 9.49. The van der Waals surface area contributed by atoms with Crippen molar-refractivity contribution in [3.8, 4) is 46.0 Å². The number of phenolic OH excluding ortho intramolecular Hbond substituents is 8. The zero-order valence-corrected chi connectivity index (χ0v) is 37.8. The first-order chi connectivity index (χ1) is 28.9. The Balaban J connectivity index is 0.000000171. The van der Waals surface area contributed by atoms with Crippen LogP contribution in [0.1, 0.15) is 162 Å². The van der Waals surface area contributed by atoms with Crippen molar-refractivity contribution in [2.75, 3.05) is 26.2 Å². The summed E-state index contributed by atoms with van der Waals surface area (Å²) in [5.41, 5.74) is 8.64. The van der Waals surface area contributed by atoms with Crippen LogP contribution in [0.2, 0.25) is 0 Å². The highest BCUT2D eigenvalue weighted by molar-refractivity contribution is 5.71. The minimum absolute atomic E-state index is 0.00178. The Morgan fingerprint density at radius 1 is 0.371 bits per heavy atom. The molecule has 0 atom stereocenters. The second kappa shape index (κ2) is 13.8. The van der Waals surface area contributed by atoms with Gasteiger partial charge >= 0.3 is 0 Å². The first kappa shape index (κ1) is 42.5. The van der Waals surface area contributed by atoms with Crippen LogP contribution in [0.25, 0.3) is 0 Å². The lowest BCUT2D eigenvalue weighted by Crippen LogP contribution is -2.30. The van der Waals surface area contributed by atoms with Gasteiger partial charge in [0, 0.05) is 35.0 Å². The summed E-state index contributed by atoms with van der Waals surface area (Å²) in [6.45, 7) is 22.7.